The highest BCUT2D eigenvalue weighted by Gasteiger charge is 2.34. The van der Waals surface area contributed by atoms with E-state index in [2.05, 4.69) is 0 Å². The molecule has 2 rings (SSSR count). The van der Waals surface area contributed by atoms with E-state index < -0.39 is 0 Å². The summed E-state index contributed by atoms with van der Waals surface area (Å²) in [4.78, 5) is 0. The first-order valence-corrected chi connectivity index (χ1v) is 5.75. The molecule has 0 spiro atoms. The lowest BCUT2D eigenvalue weighted by atomic mass is 9.79. The van der Waals surface area contributed by atoms with Gasteiger partial charge in [0.1, 0.15) is 5.75 Å². The number of halogens is 1. The standard InChI is InChI=1S/C12H16ClNO/c13-10-4-3-9(7-11(10)15)12(8-14)5-1-2-6-12/h3-4,7,15H,1-2,5-6,8,14H2. The lowest BCUT2D eigenvalue weighted by molar-refractivity contribution is 0.441. The number of phenols is 1. The Hall–Kier alpha value is -0.730. The highest BCUT2D eigenvalue weighted by molar-refractivity contribution is 6.32. The zero-order chi connectivity index (χ0) is 10.9. The summed E-state index contributed by atoms with van der Waals surface area (Å²) in [6.45, 7) is 0.647. The first kappa shape index (κ1) is 10.8. The normalized spacial score (nSPS) is 19.3. The molecular weight excluding hydrogens is 210 g/mol. The number of aromatic hydroxyl groups is 1. The molecule has 1 aliphatic carbocycles. The summed E-state index contributed by atoms with van der Waals surface area (Å²) in [5.74, 6) is 0.161. The summed E-state index contributed by atoms with van der Waals surface area (Å²) in [5.41, 5.74) is 7.07. The van der Waals surface area contributed by atoms with Crippen molar-refractivity contribution in [3.63, 3.8) is 0 Å². The van der Waals surface area contributed by atoms with Crippen molar-refractivity contribution >= 4 is 11.6 Å². The Bertz CT molecular complexity index is 359. The molecule has 1 aromatic rings. The van der Waals surface area contributed by atoms with E-state index in [1.54, 1.807) is 12.1 Å². The maximum Gasteiger partial charge on any atom is 0.134 e. The Morgan fingerprint density at radius 1 is 1.33 bits per heavy atom. The Morgan fingerprint density at radius 2 is 2.00 bits per heavy atom. The van der Waals surface area contributed by atoms with Crippen LogP contribution < -0.4 is 5.73 Å². The van der Waals surface area contributed by atoms with Gasteiger partial charge in [0, 0.05) is 12.0 Å². The highest BCUT2D eigenvalue weighted by Crippen LogP contribution is 2.42. The fourth-order valence-corrected chi connectivity index (χ4v) is 2.62. The molecule has 2 nitrogen and oxygen atoms in total. The molecule has 0 aliphatic heterocycles. The molecule has 0 atom stereocenters. The molecule has 0 unspecified atom stereocenters. The SMILES string of the molecule is NCC1(c2ccc(Cl)c(O)c2)CCCC1. The average Bonchev–Trinajstić information content (AvgIpc) is 2.72. The summed E-state index contributed by atoms with van der Waals surface area (Å²) < 4.78 is 0. The van der Waals surface area contributed by atoms with Crippen molar-refractivity contribution in [2.45, 2.75) is 31.1 Å². The van der Waals surface area contributed by atoms with Gasteiger partial charge in [-0.25, -0.2) is 0 Å². The molecule has 15 heavy (non-hydrogen) atoms. The molecule has 1 aliphatic rings. The van der Waals surface area contributed by atoms with Gasteiger partial charge in [0.2, 0.25) is 0 Å². The first-order valence-electron chi connectivity index (χ1n) is 5.37. The molecule has 1 aromatic carbocycles. The van der Waals surface area contributed by atoms with Crippen molar-refractivity contribution in [1.29, 1.82) is 0 Å². The van der Waals surface area contributed by atoms with Crippen molar-refractivity contribution in [3.05, 3.63) is 28.8 Å². The van der Waals surface area contributed by atoms with E-state index in [-0.39, 0.29) is 11.2 Å². The lowest BCUT2D eigenvalue weighted by Crippen LogP contribution is -2.31. The topological polar surface area (TPSA) is 46.2 Å². The summed E-state index contributed by atoms with van der Waals surface area (Å²) in [7, 11) is 0. The molecule has 3 heteroatoms. The van der Waals surface area contributed by atoms with Crippen LogP contribution in [0.1, 0.15) is 31.2 Å². The van der Waals surface area contributed by atoms with E-state index >= 15 is 0 Å². The van der Waals surface area contributed by atoms with Crippen LogP contribution in [0.3, 0.4) is 0 Å². The van der Waals surface area contributed by atoms with Gasteiger partial charge in [-0.05, 0) is 30.5 Å². The van der Waals surface area contributed by atoms with Crippen LogP contribution in [0.25, 0.3) is 0 Å². The second-order valence-corrected chi connectivity index (χ2v) is 4.76. The average molecular weight is 226 g/mol. The summed E-state index contributed by atoms with van der Waals surface area (Å²) in [6.07, 6.45) is 4.68. The number of hydrogen-bond acceptors (Lipinski definition) is 2. The second-order valence-electron chi connectivity index (χ2n) is 4.36. The zero-order valence-corrected chi connectivity index (χ0v) is 9.43. The molecule has 1 fully saturated rings. The maximum atomic E-state index is 9.60. The molecule has 0 bridgehead atoms. The van der Waals surface area contributed by atoms with Crippen LogP contribution in [0, 0.1) is 0 Å². The molecule has 0 amide bonds. The third kappa shape index (κ3) is 1.84. The maximum absolute atomic E-state index is 9.60. The predicted octanol–water partition coefficient (Wildman–Crippen LogP) is 2.82. The van der Waals surface area contributed by atoms with Gasteiger partial charge in [0.25, 0.3) is 0 Å². The molecule has 0 saturated heterocycles. The quantitative estimate of drug-likeness (QED) is 0.813. The predicted molar refractivity (Wildman–Crippen MR) is 62.3 cm³/mol. The van der Waals surface area contributed by atoms with Gasteiger partial charge >= 0.3 is 0 Å². The smallest absolute Gasteiger partial charge is 0.134 e. The van der Waals surface area contributed by atoms with Crippen molar-refractivity contribution in [3.8, 4) is 5.75 Å². The van der Waals surface area contributed by atoms with E-state index in [9.17, 15) is 5.11 Å². The molecule has 3 N–H and O–H groups in total. The Morgan fingerprint density at radius 3 is 2.53 bits per heavy atom. The fraction of sp³-hybridized carbons (Fsp3) is 0.500. The Balaban J connectivity index is 2.38. The minimum atomic E-state index is 0.0715. The fourth-order valence-electron chi connectivity index (χ4n) is 2.50. The van der Waals surface area contributed by atoms with Crippen LogP contribution >= 0.6 is 11.6 Å². The largest absolute Gasteiger partial charge is 0.506 e. The summed E-state index contributed by atoms with van der Waals surface area (Å²) >= 11 is 5.79. The Labute approximate surface area is 95.1 Å². The van der Waals surface area contributed by atoms with E-state index in [1.807, 2.05) is 6.07 Å². The number of benzene rings is 1. The summed E-state index contributed by atoms with van der Waals surface area (Å²) in [6, 6.07) is 5.50. The van der Waals surface area contributed by atoms with Crippen LogP contribution in [0.5, 0.6) is 5.75 Å². The molecule has 0 radical (unpaired) electrons. The van der Waals surface area contributed by atoms with Gasteiger partial charge in [-0.15, -0.1) is 0 Å². The molecule has 82 valence electrons. The van der Waals surface area contributed by atoms with E-state index in [0.717, 1.165) is 18.4 Å². The number of rotatable bonds is 2. The van der Waals surface area contributed by atoms with E-state index in [0.29, 0.717) is 11.6 Å². The molecule has 0 heterocycles. The van der Waals surface area contributed by atoms with Crippen LogP contribution in [0.2, 0.25) is 5.02 Å². The number of hydrogen-bond donors (Lipinski definition) is 2. The molecule has 0 aromatic heterocycles. The van der Waals surface area contributed by atoms with Gasteiger partial charge in [0.15, 0.2) is 0 Å². The van der Waals surface area contributed by atoms with Crippen molar-refractivity contribution in [1.82, 2.24) is 0 Å². The number of phenolic OH excluding ortho intramolecular Hbond substituents is 1. The second kappa shape index (κ2) is 4.03. The van der Waals surface area contributed by atoms with Gasteiger partial charge in [-0.2, -0.15) is 0 Å². The van der Waals surface area contributed by atoms with Crippen LogP contribution in [0.4, 0.5) is 0 Å². The highest BCUT2D eigenvalue weighted by atomic mass is 35.5. The van der Waals surface area contributed by atoms with Gasteiger partial charge in [-0.1, -0.05) is 30.5 Å². The Kier molecular flexibility index (Phi) is 2.89. The van der Waals surface area contributed by atoms with Crippen molar-refractivity contribution in [2.24, 2.45) is 5.73 Å². The minimum Gasteiger partial charge on any atom is -0.506 e. The molecule has 1 saturated carbocycles. The van der Waals surface area contributed by atoms with Crippen molar-refractivity contribution in [2.75, 3.05) is 6.54 Å². The van der Waals surface area contributed by atoms with Gasteiger partial charge in [0.05, 0.1) is 5.02 Å². The minimum absolute atomic E-state index is 0.0715. The number of nitrogens with two attached hydrogens (primary N) is 1. The lowest BCUT2D eigenvalue weighted by Gasteiger charge is -2.28. The van der Waals surface area contributed by atoms with Crippen LogP contribution in [-0.2, 0) is 5.41 Å². The summed E-state index contributed by atoms with van der Waals surface area (Å²) in [5, 5.41) is 10.0. The van der Waals surface area contributed by atoms with Gasteiger partial charge in [-0.3, -0.25) is 0 Å². The zero-order valence-electron chi connectivity index (χ0n) is 8.67. The molecular formula is C12H16ClNO. The third-order valence-electron chi connectivity index (χ3n) is 3.51. The van der Waals surface area contributed by atoms with Crippen LogP contribution in [-0.4, -0.2) is 11.7 Å². The monoisotopic (exact) mass is 225 g/mol. The van der Waals surface area contributed by atoms with Crippen LogP contribution in [0.15, 0.2) is 18.2 Å². The third-order valence-corrected chi connectivity index (χ3v) is 3.83. The van der Waals surface area contributed by atoms with Gasteiger partial charge < -0.3 is 10.8 Å². The van der Waals surface area contributed by atoms with Crippen molar-refractivity contribution < 1.29 is 5.11 Å². The van der Waals surface area contributed by atoms with E-state index in [1.165, 1.54) is 12.8 Å². The first-order chi connectivity index (χ1) is 7.18. The van der Waals surface area contributed by atoms with E-state index in [4.69, 9.17) is 17.3 Å².